The normalized spacial score (nSPS) is 13.9. The molecule has 2 nitrogen and oxygen atoms in total. The number of nitrogens with two attached hydrogens (primary N) is 1. The van der Waals surface area contributed by atoms with Crippen molar-refractivity contribution in [2.45, 2.75) is 31.9 Å². The van der Waals surface area contributed by atoms with Crippen molar-refractivity contribution < 1.29 is 4.74 Å². The number of benzene rings is 1. The minimum absolute atomic E-state index is 0.00340. The van der Waals surface area contributed by atoms with Crippen molar-refractivity contribution >= 4 is 15.9 Å². The largest absolute Gasteiger partial charge is 0.377 e. The van der Waals surface area contributed by atoms with Gasteiger partial charge in [0.05, 0.1) is 5.60 Å². The Bertz CT molecular complexity index is 308. The van der Waals surface area contributed by atoms with Gasteiger partial charge in [-0.15, -0.1) is 0 Å². The van der Waals surface area contributed by atoms with Crippen LogP contribution in [0.4, 0.5) is 0 Å². The molecule has 1 rings (SSSR count). The topological polar surface area (TPSA) is 35.2 Å². The van der Waals surface area contributed by atoms with Crippen molar-refractivity contribution in [2.75, 3.05) is 7.11 Å². The minimum atomic E-state index is -0.285. The second-order valence-electron chi connectivity index (χ2n) is 4.24. The Morgan fingerprint density at radius 2 is 1.87 bits per heavy atom. The number of rotatable bonds is 4. The lowest BCUT2D eigenvalue weighted by atomic mass is 9.93. The maximum absolute atomic E-state index is 6.10. The summed E-state index contributed by atoms with van der Waals surface area (Å²) < 4.78 is 6.45. The van der Waals surface area contributed by atoms with E-state index in [2.05, 4.69) is 28.1 Å². The molecule has 15 heavy (non-hydrogen) atoms. The molecule has 0 saturated heterocycles. The number of halogens is 1. The van der Waals surface area contributed by atoms with Crippen LogP contribution in [0.25, 0.3) is 0 Å². The number of ether oxygens (including phenoxy) is 1. The van der Waals surface area contributed by atoms with E-state index in [1.807, 2.05) is 26.0 Å². The molecule has 0 amide bonds. The molecule has 0 spiro atoms. The van der Waals surface area contributed by atoms with Gasteiger partial charge in [0, 0.05) is 17.6 Å². The van der Waals surface area contributed by atoms with Gasteiger partial charge >= 0.3 is 0 Å². The van der Waals surface area contributed by atoms with Crippen LogP contribution in [-0.2, 0) is 11.2 Å². The lowest BCUT2D eigenvalue weighted by molar-refractivity contribution is 0.000805. The number of hydrogen-bond acceptors (Lipinski definition) is 2. The fourth-order valence-corrected chi connectivity index (χ4v) is 1.54. The highest BCUT2D eigenvalue weighted by molar-refractivity contribution is 9.10. The lowest BCUT2D eigenvalue weighted by Crippen LogP contribution is -2.46. The molecule has 0 fully saturated rings. The van der Waals surface area contributed by atoms with E-state index in [0.717, 1.165) is 10.9 Å². The van der Waals surface area contributed by atoms with Crippen molar-refractivity contribution in [1.29, 1.82) is 0 Å². The van der Waals surface area contributed by atoms with E-state index in [1.54, 1.807) is 7.11 Å². The van der Waals surface area contributed by atoms with Gasteiger partial charge in [0.2, 0.25) is 0 Å². The lowest BCUT2D eigenvalue weighted by Gasteiger charge is -2.30. The highest BCUT2D eigenvalue weighted by atomic mass is 79.9. The Hall–Kier alpha value is -0.380. The van der Waals surface area contributed by atoms with Gasteiger partial charge in [-0.1, -0.05) is 28.1 Å². The Kier molecular flexibility index (Phi) is 4.32. The molecule has 0 aromatic heterocycles. The first kappa shape index (κ1) is 12.7. The molecule has 3 heteroatoms. The summed E-state index contributed by atoms with van der Waals surface area (Å²) in [5.41, 5.74) is 7.04. The Balaban J connectivity index is 2.66. The molecular formula is C12H18BrNO. The molecule has 0 aliphatic rings. The van der Waals surface area contributed by atoms with Gasteiger partial charge in [-0.3, -0.25) is 0 Å². The van der Waals surface area contributed by atoms with Crippen molar-refractivity contribution in [3.05, 3.63) is 34.3 Å². The first-order chi connectivity index (χ1) is 6.95. The Morgan fingerprint density at radius 1 is 1.33 bits per heavy atom. The molecule has 0 bridgehead atoms. The van der Waals surface area contributed by atoms with Gasteiger partial charge in [-0.2, -0.15) is 0 Å². The van der Waals surface area contributed by atoms with Gasteiger partial charge in [0.1, 0.15) is 0 Å². The standard InChI is InChI=1S/C12H18BrNO/c1-12(2,15-3)11(14)8-9-4-6-10(13)7-5-9/h4-7,11H,8,14H2,1-3H3. The summed E-state index contributed by atoms with van der Waals surface area (Å²) in [7, 11) is 1.70. The summed E-state index contributed by atoms with van der Waals surface area (Å²) in [6.45, 7) is 4.02. The fraction of sp³-hybridized carbons (Fsp3) is 0.500. The van der Waals surface area contributed by atoms with E-state index in [1.165, 1.54) is 5.56 Å². The third-order valence-electron chi connectivity index (χ3n) is 2.79. The van der Waals surface area contributed by atoms with Crippen molar-refractivity contribution in [1.82, 2.24) is 0 Å². The maximum Gasteiger partial charge on any atom is 0.0776 e. The molecule has 1 unspecified atom stereocenters. The third kappa shape index (κ3) is 3.59. The summed E-state index contributed by atoms with van der Waals surface area (Å²) in [6.07, 6.45) is 0.827. The second-order valence-corrected chi connectivity index (χ2v) is 5.16. The zero-order valence-electron chi connectivity index (χ0n) is 9.46. The predicted octanol–water partition coefficient (Wildman–Crippen LogP) is 2.74. The second kappa shape index (κ2) is 5.10. The van der Waals surface area contributed by atoms with Crippen LogP contribution < -0.4 is 5.73 Å². The van der Waals surface area contributed by atoms with E-state index >= 15 is 0 Å². The molecule has 0 aliphatic carbocycles. The quantitative estimate of drug-likeness (QED) is 0.914. The van der Waals surface area contributed by atoms with Gasteiger partial charge in [-0.25, -0.2) is 0 Å². The minimum Gasteiger partial charge on any atom is -0.377 e. The van der Waals surface area contributed by atoms with Crippen molar-refractivity contribution in [2.24, 2.45) is 5.73 Å². The van der Waals surface area contributed by atoms with Gasteiger partial charge in [-0.05, 0) is 38.0 Å². The van der Waals surface area contributed by atoms with Crippen LogP contribution >= 0.6 is 15.9 Å². The van der Waals surface area contributed by atoms with E-state index in [0.29, 0.717) is 0 Å². The van der Waals surface area contributed by atoms with Gasteiger partial charge in [0.15, 0.2) is 0 Å². The molecule has 0 heterocycles. The van der Waals surface area contributed by atoms with E-state index in [4.69, 9.17) is 10.5 Å². The number of methoxy groups -OCH3 is 1. The maximum atomic E-state index is 6.10. The first-order valence-electron chi connectivity index (χ1n) is 5.01. The van der Waals surface area contributed by atoms with Crippen LogP contribution in [0.15, 0.2) is 28.7 Å². The fourth-order valence-electron chi connectivity index (χ4n) is 1.27. The molecule has 2 N–H and O–H groups in total. The highest BCUT2D eigenvalue weighted by Gasteiger charge is 2.25. The van der Waals surface area contributed by atoms with Crippen LogP contribution in [-0.4, -0.2) is 18.8 Å². The average molecular weight is 272 g/mol. The van der Waals surface area contributed by atoms with E-state index < -0.39 is 0 Å². The van der Waals surface area contributed by atoms with E-state index in [9.17, 15) is 0 Å². The van der Waals surface area contributed by atoms with Crippen LogP contribution in [0.5, 0.6) is 0 Å². The third-order valence-corrected chi connectivity index (χ3v) is 3.32. The van der Waals surface area contributed by atoms with Crippen molar-refractivity contribution in [3.8, 4) is 0 Å². The van der Waals surface area contributed by atoms with Crippen molar-refractivity contribution in [3.63, 3.8) is 0 Å². The first-order valence-corrected chi connectivity index (χ1v) is 5.80. The van der Waals surface area contributed by atoms with Crippen LogP contribution in [0.3, 0.4) is 0 Å². The Labute approximate surface area is 99.9 Å². The van der Waals surface area contributed by atoms with Crippen LogP contribution in [0.1, 0.15) is 19.4 Å². The van der Waals surface area contributed by atoms with Crippen LogP contribution in [0, 0.1) is 0 Å². The average Bonchev–Trinajstić information content (AvgIpc) is 2.21. The van der Waals surface area contributed by atoms with Gasteiger partial charge in [0.25, 0.3) is 0 Å². The zero-order valence-corrected chi connectivity index (χ0v) is 11.0. The molecular weight excluding hydrogens is 254 g/mol. The highest BCUT2D eigenvalue weighted by Crippen LogP contribution is 2.17. The summed E-state index contributed by atoms with van der Waals surface area (Å²) in [5.74, 6) is 0. The van der Waals surface area contributed by atoms with Gasteiger partial charge < -0.3 is 10.5 Å². The molecule has 0 saturated carbocycles. The molecule has 0 aliphatic heterocycles. The van der Waals surface area contributed by atoms with Crippen LogP contribution in [0.2, 0.25) is 0 Å². The molecule has 84 valence electrons. The molecule has 1 atom stereocenters. The molecule has 1 aromatic carbocycles. The summed E-state index contributed by atoms with van der Waals surface area (Å²) >= 11 is 3.41. The SMILES string of the molecule is COC(C)(C)C(N)Cc1ccc(Br)cc1. The number of hydrogen-bond donors (Lipinski definition) is 1. The molecule has 0 radical (unpaired) electrons. The summed E-state index contributed by atoms with van der Waals surface area (Å²) in [4.78, 5) is 0. The monoisotopic (exact) mass is 271 g/mol. The predicted molar refractivity (Wildman–Crippen MR) is 66.9 cm³/mol. The summed E-state index contributed by atoms with van der Waals surface area (Å²) in [5, 5.41) is 0. The molecule has 1 aromatic rings. The van der Waals surface area contributed by atoms with E-state index in [-0.39, 0.29) is 11.6 Å². The zero-order chi connectivity index (χ0) is 11.5. The summed E-state index contributed by atoms with van der Waals surface area (Å²) in [6, 6.07) is 8.22. The Morgan fingerprint density at radius 3 is 2.33 bits per heavy atom. The smallest absolute Gasteiger partial charge is 0.0776 e.